The van der Waals surface area contributed by atoms with Gasteiger partial charge in [0.25, 0.3) is 0 Å². The number of nitrogens with zero attached hydrogens (tertiary/aromatic N) is 4. The SMILES string of the molecule is Cc1nc2c(CCC(C)C)ncnc2n1C1CCCCO1. The van der Waals surface area contributed by atoms with Crippen LogP contribution in [0.15, 0.2) is 6.33 Å². The second-order valence-corrected chi connectivity index (χ2v) is 6.28. The summed E-state index contributed by atoms with van der Waals surface area (Å²) in [5, 5.41) is 0. The van der Waals surface area contributed by atoms with Gasteiger partial charge in [-0.05, 0) is 44.9 Å². The fourth-order valence-electron chi connectivity index (χ4n) is 2.94. The molecule has 5 heteroatoms. The maximum Gasteiger partial charge on any atom is 0.165 e. The lowest BCUT2D eigenvalue weighted by atomic mass is 10.1. The van der Waals surface area contributed by atoms with E-state index in [4.69, 9.17) is 9.72 Å². The maximum absolute atomic E-state index is 5.91. The predicted molar refractivity (Wildman–Crippen MR) is 82.1 cm³/mol. The zero-order valence-corrected chi connectivity index (χ0v) is 13.2. The second-order valence-electron chi connectivity index (χ2n) is 6.28. The van der Waals surface area contributed by atoms with Gasteiger partial charge in [0.05, 0.1) is 5.69 Å². The molecule has 114 valence electrons. The average Bonchev–Trinajstić information content (AvgIpc) is 2.82. The van der Waals surface area contributed by atoms with Crippen molar-refractivity contribution in [2.24, 2.45) is 5.92 Å². The Balaban J connectivity index is 1.98. The fourth-order valence-corrected chi connectivity index (χ4v) is 2.94. The topological polar surface area (TPSA) is 52.8 Å². The lowest BCUT2D eigenvalue weighted by Gasteiger charge is -2.24. The van der Waals surface area contributed by atoms with Gasteiger partial charge in [0.1, 0.15) is 23.9 Å². The highest BCUT2D eigenvalue weighted by molar-refractivity contribution is 5.74. The minimum atomic E-state index is 0.0802. The molecule has 1 fully saturated rings. The van der Waals surface area contributed by atoms with Crippen LogP contribution in [0.1, 0.15) is 57.3 Å². The lowest BCUT2D eigenvalue weighted by Crippen LogP contribution is -2.19. The van der Waals surface area contributed by atoms with Crippen molar-refractivity contribution in [3.05, 3.63) is 17.8 Å². The molecule has 0 spiro atoms. The van der Waals surface area contributed by atoms with E-state index in [1.54, 1.807) is 6.33 Å². The molecule has 0 aromatic carbocycles. The van der Waals surface area contributed by atoms with Crippen molar-refractivity contribution >= 4 is 11.2 Å². The van der Waals surface area contributed by atoms with E-state index in [0.717, 1.165) is 55.0 Å². The fraction of sp³-hybridized carbons (Fsp3) is 0.688. The molecule has 2 aromatic heterocycles. The van der Waals surface area contributed by atoms with Crippen LogP contribution in [0, 0.1) is 12.8 Å². The van der Waals surface area contributed by atoms with E-state index >= 15 is 0 Å². The lowest BCUT2D eigenvalue weighted by molar-refractivity contribution is -0.0309. The highest BCUT2D eigenvalue weighted by atomic mass is 16.5. The monoisotopic (exact) mass is 288 g/mol. The Morgan fingerprint density at radius 1 is 1.33 bits per heavy atom. The summed E-state index contributed by atoms with van der Waals surface area (Å²) in [7, 11) is 0. The highest BCUT2D eigenvalue weighted by Gasteiger charge is 2.22. The summed E-state index contributed by atoms with van der Waals surface area (Å²) in [6.45, 7) is 7.33. The first-order chi connectivity index (χ1) is 10.2. The number of fused-ring (bicyclic) bond motifs is 1. The minimum Gasteiger partial charge on any atom is -0.358 e. The van der Waals surface area contributed by atoms with E-state index in [9.17, 15) is 0 Å². The predicted octanol–water partition coefficient (Wildman–Crippen LogP) is 3.42. The number of aryl methyl sites for hydroxylation is 2. The van der Waals surface area contributed by atoms with Crippen molar-refractivity contribution in [3.8, 4) is 0 Å². The quantitative estimate of drug-likeness (QED) is 0.865. The molecule has 1 atom stereocenters. The van der Waals surface area contributed by atoms with Crippen LogP contribution in [0.3, 0.4) is 0 Å². The van der Waals surface area contributed by atoms with Crippen LogP contribution < -0.4 is 0 Å². The summed E-state index contributed by atoms with van der Waals surface area (Å²) in [6.07, 6.45) is 7.22. The molecule has 1 saturated heterocycles. The third kappa shape index (κ3) is 2.93. The Morgan fingerprint density at radius 3 is 2.90 bits per heavy atom. The molecule has 1 aliphatic rings. The first kappa shape index (κ1) is 14.4. The normalized spacial score (nSPS) is 19.5. The molecular weight excluding hydrogens is 264 g/mol. The van der Waals surface area contributed by atoms with Gasteiger partial charge in [0.15, 0.2) is 5.65 Å². The van der Waals surface area contributed by atoms with E-state index in [1.165, 1.54) is 6.42 Å². The zero-order valence-electron chi connectivity index (χ0n) is 13.2. The van der Waals surface area contributed by atoms with Crippen LogP contribution in [0.5, 0.6) is 0 Å². The third-order valence-electron chi connectivity index (χ3n) is 4.13. The van der Waals surface area contributed by atoms with Gasteiger partial charge in [-0.3, -0.25) is 4.57 Å². The molecule has 0 radical (unpaired) electrons. The van der Waals surface area contributed by atoms with Crippen LogP contribution in [0.25, 0.3) is 11.2 Å². The van der Waals surface area contributed by atoms with E-state index < -0.39 is 0 Å². The van der Waals surface area contributed by atoms with Crippen LogP contribution in [0.2, 0.25) is 0 Å². The molecular formula is C16H24N4O. The molecule has 0 saturated carbocycles. The summed E-state index contributed by atoms with van der Waals surface area (Å²) in [6, 6.07) is 0. The van der Waals surface area contributed by atoms with Gasteiger partial charge < -0.3 is 4.74 Å². The van der Waals surface area contributed by atoms with Crippen LogP contribution >= 0.6 is 0 Å². The Bertz CT molecular complexity index is 614. The Morgan fingerprint density at radius 2 is 2.19 bits per heavy atom. The van der Waals surface area contributed by atoms with Crippen molar-refractivity contribution in [3.63, 3.8) is 0 Å². The van der Waals surface area contributed by atoms with Gasteiger partial charge in [-0.1, -0.05) is 13.8 Å². The first-order valence-corrected chi connectivity index (χ1v) is 7.97. The molecule has 0 aliphatic carbocycles. The number of hydrogen-bond acceptors (Lipinski definition) is 4. The summed E-state index contributed by atoms with van der Waals surface area (Å²) in [4.78, 5) is 13.6. The molecule has 1 unspecified atom stereocenters. The average molecular weight is 288 g/mol. The van der Waals surface area contributed by atoms with Crippen LogP contribution in [0.4, 0.5) is 0 Å². The smallest absolute Gasteiger partial charge is 0.165 e. The van der Waals surface area contributed by atoms with Gasteiger partial charge >= 0.3 is 0 Å². The molecule has 5 nitrogen and oxygen atoms in total. The van der Waals surface area contributed by atoms with Crippen molar-refractivity contribution in [1.82, 2.24) is 19.5 Å². The molecule has 3 rings (SSSR count). The van der Waals surface area contributed by atoms with E-state index in [0.29, 0.717) is 5.92 Å². The Labute approximate surface area is 125 Å². The summed E-state index contributed by atoms with van der Waals surface area (Å²) in [5.74, 6) is 1.64. The number of imidazole rings is 1. The molecule has 0 N–H and O–H groups in total. The number of ether oxygens (including phenoxy) is 1. The Kier molecular flexibility index (Phi) is 4.19. The van der Waals surface area contributed by atoms with Gasteiger partial charge in [-0.15, -0.1) is 0 Å². The maximum atomic E-state index is 5.91. The summed E-state index contributed by atoms with van der Waals surface area (Å²) >= 11 is 0. The largest absolute Gasteiger partial charge is 0.358 e. The van der Waals surface area contributed by atoms with E-state index in [2.05, 4.69) is 28.4 Å². The third-order valence-corrected chi connectivity index (χ3v) is 4.13. The number of hydrogen-bond donors (Lipinski definition) is 0. The molecule has 3 heterocycles. The molecule has 21 heavy (non-hydrogen) atoms. The van der Waals surface area contributed by atoms with Gasteiger partial charge in [0, 0.05) is 6.61 Å². The Hall–Kier alpha value is -1.49. The van der Waals surface area contributed by atoms with Crippen molar-refractivity contribution < 1.29 is 4.74 Å². The van der Waals surface area contributed by atoms with Crippen molar-refractivity contribution in [2.45, 2.75) is 59.1 Å². The van der Waals surface area contributed by atoms with Crippen LogP contribution in [-0.2, 0) is 11.2 Å². The van der Waals surface area contributed by atoms with E-state index in [1.807, 2.05) is 6.92 Å². The summed E-state index contributed by atoms with van der Waals surface area (Å²) < 4.78 is 8.06. The molecule has 2 aromatic rings. The van der Waals surface area contributed by atoms with Gasteiger partial charge in [-0.25, -0.2) is 15.0 Å². The molecule has 0 amide bonds. The number of rotatable bonds is 4. The van der Waals surface area contributed by atoms with Crippen molar-refractivity contribution in [1.29, 1.82) is 0 Å². The summed E-state index contributed by atoms with van der Waals surface area (Å²) in [5.41, 5.74) is 2.93. The van der Waals surface area contributed by atoms with Crippen LogP contribution in [-0.4, -0.2) is 26.1 Å². The minimum absolute atomic E-state index is 0.0802. The molecule has 0 bridgehead atoms. The zero-order chi connectivity index (χ0) is 14.8. The standard InChI is InChI=1S/C16H24N4O/c1-11(2)7-8-13-15-16(18-10-17-13)20(12(3)19-15)14-6-4-5-9-21-14/h10-11,14H,4-9H2,1-3H3. The van der Waals surface area contributed by atoms with E-state index in [-0.39, 0.29) is 6.23 Å². The second kappa shape index (κ2) is 6.10. The van der Waals surface area contributed by atoms with Gasteiger partial charge in [0.2, 0.25) is 0 Å². The van der Waals surface area contributed by atoms with Crippen molar-refractivity contribution in [2.75, 3.05) is 6.61 Å². The molecule has 1 aliphatic heterocycles. The highest BCUT2D eigenvalue weighted by Crippen LogP contribution is 2.28. The number of aromatic nitrogens is 4. The van der Waals surface area contributed by atoms with Gasteiger partial charge in [-0.2, -0.15) is 0 Å². The first-order valence-electron chi connectivity index (χ1n) is 7.97.